The fourth-order valence-corrected chi connectivity index (χ4v) is 4.45. The molecule has 0 saturated heterocycles. The topological polar surface area (TPSA) is 84.3 Å². The van der Waals surface area contributed by atoms with Crippen molar-refractivity contribution in [2.75, 3.05) is 12.8 Å². The predicted molar refractivity (Wildman–Crippen MR) is 81.9 cm³/mol. The molecule has 8 heteroatoms. The van der Waals surface area contributed by atoms with Gasteiger partial charge in [0.1, 0.15) is 11.5 Å². The van der Waals surface area contributed by atoms with Crippen LogP contribution in [0, 0.1) is 0 Å². The molecule has 1 saturated carbocycles. The Kier molecular flexibility index (Phi) is 3.98. The summed E-state index contributed by atoms with van der Waals surface area (Å²) in [6.07, 6.45) is 7.30. The standard InChI is InChI=1S/C14H22N4O3S/c1-10-13-16-12(14(19)15-11-5-3-4-6-11)9-17(13)7-8-18(10)22(2,20)21/h9-11H,3-8H2,1-2H3,(H,15,19)/t10-/m1/s1. The monoisotopic (exact) mass is 326 g/mol. The number of carbonyl (C=O) groups is 1. The normalized spacial score (nSPS) is 23.5. The second kappa shape index (κ2) is 5.66. The Bertz CT molecular complexity index is 676. The van der Waals surface area contributed by atoms with Crippen LogP contribution >= 0.6 is 0 Å². The second-order valence-corrected chi connectivity index (χ2v) is 8.12. The molecule has 3 rings (SSSR count). The first kappa shape index (κ1) is 15.5. The zero-order valence-corrected chi connectivity index (χ0v) is 13.8. The number of amides is 1. The summed E-state index contributed by atoms with van der Waals surface area (Å²) in [5.74, 6) is 0.472. The molecular weight excluding hydrogens is 304 g/mol. The molecular formula is C14H22N4O3S. The molecule has 1 amide bonds. The first-order valence-corrected chi connectivity index (χ1v) is 9.56. The highest BCUT2D eigenvalue weighted by atomic mass is 32.2. The van der Waals surface area contributed by atoms with E-state index in [4.69, 9.17) is 0 Å². The Hall–Kier alpha value is -1.41. The summed E-state index contributed by atoms with van der Waals surface area (Å²) in [4.78, 5) is 16.7. The number of fused-ring (bicyclic) bond motifs is 1. The summed E-state index contributed by atoms with van der Waals surface area (Å²) in [5, 5.41) is 3.01. The molecule has 122 valence electrons. The average molecular weight is 326 g/mol. The van der Waals surface area contributed by atoms with Crippen molar-refractivity contribution >= 4 is 15.9 Å². The first-order valence-electron chi connectivity index (χ1n) is 7.71. The summed E-state index contributed by atoms with van der Waals surface area (Å²) < 4.78 is 26.9. The van der Waals surface area contributed by atoms with E-state index >= 15 is 0 Å². The number of hydrogen-bond donors (Lipinski definition) is 1. The molecule has 22 heavy (non-hydrogen) atoms. The fourth-order valence-electron chi connectivity index (χ4n) is 3.36. The van der Waals surface area contributed by atoms with Crippen molar-refractivity contribution in [1.29, 1.82) is 0 Å². The van der Waals surface area contributed by atoms with Gasteiger partial charge in [0.15, 0.2) is 0 Å². The van der Waals surface area contributed by atoms with Gasteiger partial charge in [0.2, 0.25) is 10.0 Å². The molecule has 2 heterocycles. The van der Waals surface area contributed by atoms with Crippen LogP contribution in [0.5, 0.6) is 0 Å². The third kappa shape index (κ3) is 2.89. The predicted octanol–water partition coefficient (Wildman–Crippen LogP) is 0.892. The number of rotatable bonds is 3. The van der Waals surface area contributed by atoms with Gasteiger partial charge in [-0.1, -0.05) is 12.8 Å². The summed E-state index contributed by atoms with van der Waals surface area (Å²) in [7, 11) is -3.27. The van der Waals surface area contributed by atoms with Crippen LogP contribution in [0.25, 0.3) is 0 Å². The van der Waals surface area contributed by atoms with Crippen molar-refractivity contribution in [2.45, 2.75) is 51.2 Å². The molecule has 1 aliphatic carbocycles. The van der Waals surface area contributed by atoms with Crippen LogP contribution in [0.4, 0.5) is 0 Å². The van der Waals surface area contributed by atoms with Gasteiger partial charge < -0.3 is 9.88 Å². The quantitative estimate of drug-likeness (QED) is 0.894. The molecule has 2 aliphatic rings. The van der Waals surface area contributed by atoms with E-state index in [2.05, 4.69) is 10.3 Å². The van der Waals surface area contributed by atoms with E-state index in [1.807, 2.05) is 4.57 Å². The van der Waals surface area contributed by atoms with E-state index < -0.39 is 10.0 Å². The number of nitrogens with one attached hydrogen (secondary N) is 1. The molecule has 1 atom stereocenters. The Morgan fingerprint density at radius 2 is 2.00 bits per heavy atom. The number of aromatic nitrogens is 2. The molecule has 0 unspecified atom stereocenters. The molecule has 1 fully saturated rings. The Balaban J connectivity index is 1.79. The minimum absolute atomic E-state index is 0.160. The number of nitrogens with zero attached hydrogens (tertiary/aromatic N) is 3. The van der Waals surface area contributed by atoms with Crippen LogP contribution < -0.4 is 5.32 Å². The van der Waals surface area contributed by atoms with Crippen molar-refractivity contribution in [3.63, 3.8) is 0 Å². The summed E-state index contributed by atoms with van der Waals surface area (Å²) in [6.45, 7) is 2.74. The lowest BCUT2D eigenvalue weighted by molar-refractivity contribution is 0.0933. The molecule has 1 aliphatic heterocycles. The minimum atomic E-state index is -3.27. The lowest BCUT2D eigenvalue weighted by Crippen LogP contribution is -2.40. The third-order valence-electron chi connectivity index (χ3n) is 4.52. The minimum Gasteiger partial charge on any atom is -0.348 e. The maximum absolute atomic E-state index is 12.3. The number of sulfonamides is 1. The Morgan fingerprint density at radius 1 is 1.32 bits per heavy atom. The molecule has 1 aromatic rings. The molecule has 7 nitrogen and oxygen atoms in total. The molecule has 1 aromatic heterocycles. The highest BCUT2D eigenvalue weighted by molar-refractivity contribution is 7.88. The molecule has 0 radical (unpaired) electrons. The summed E-state index contributed by atoms with van der Waals surface area (Å²) in [6, 6.07) is -0.104. The van der Waals surface area contributed by atoms with Gasteiger partial charge in [0.05, 0.1) is 12.3 Å². The van der Waals surface area contributed by atoms with E-state index in [1.165, 1.54) is 10.6 Å². The van der Waals surface area contributed by atoms with Gasteiger partial charge in [-0.3, -0.25) is 4.79 Å². The summed E-state index contributed by atoms with van der Waals surface area (Å²) in [5.41, 5.74) is 0.379. The number of hydrogen-bond acceptors (Lipinski definition) is 4. The fraction of sp³-hybridized carbons (Fsp3) is 0.714. The highest BCUT2D eigenvalue weighted by Gasteiger charge is 2.32. The lowest BCUT2D eigenvalue weighted by Gasteiger charge is -2.31. The highest BCUT2D eigenvalue weighted by Crippen LogP contribution is 2.26. The van der Waals surface area contributed by atoms with Crippen LogP contribution in [0.1, 0.15) is 55.0 Å². The van der Waals surface area contributed by atoms with Crippen molar-refractivity contribution in [3.05, 3.63) is 17.7 Å². The zero-order chi connectivity index (χ0) is 15.9. The van der Waals surface area contributed by atoms with E-state index in [0.29, 0.717) is 24.6 Å². The summed E-state index contributed by atoms with van der Waals surface area (Å²) >= 11 is 0. The zero-order valence-electron chi connectivity index (χ0n) is 12.9. The van der Waals surface area contributed by atoms with Gasteiger partial charge >= 0.3 is 0 Å². The smallest absolute Gasteiger partial charge is 0.271 e. The van der Waals surface area contributed by atoms with Crippen LogP contribution in [-0.4, -0.2) is 47.0 Å². The third-order valence-corrected chi connectivity index (χ3v) is 5.87. The van der Waals surface area contributed by atoms with Crippen molar-refractivity contribution in [3.8, 4) is 0 Å². The van der Waals surface area contributed by atoms with Gasteiger partial charge in [0.25, 0.3) is 5.91 Å². The first-order chi connectivity index (χ1) is 10.4. The Labute approximate surface area is 130 Å². The van der Waals surface area contributed by atoms with Gasteiger partial charge in [-0.25, -0.2) is 13.4 Å². The second-order valence-electron chi connectivity index (χ2n) is 6.18. The van der Waals surface area contributed by atoms with E-state index in [9.17, 15) is 13.2 Å². The van der Waals surface area contributed by atoms with Gasteiger partial charge in [0, 0.05) is 25.3 Å². The van der Waals surface area contributed by atoms with Crippen molar-refractivity contribution < 1.29 is 13.2 Å². The van der Waals surface area contributed by atoms with Gasteiger partial charge in [-0.05, 0) is 19.8 Å². The average Bonchev–Trinajstić information content (AvgIpc) is 3.06. The lowest BCUT2D eigenvalue weighted by atomic mass is 10.2. The van der Waals surface area contributed by atoms with Gasteiger partial charge in [-0.2, -0.15) is 4.31 Å². The SMILES string of the molecule is C[C@@H]1c2nc(C(=O)NC3CCCC3)cn2CCN1S(C)(=O)=O. The van der Waals surface area contributed by atoms with Crippen LogP contribution in [0.3, 0.4) is 0 Å². The Morgan fingerprint density at radius 3 is 2.64 bits per heavy atom. The maximum Gasteiger partial charge on any atom is 0.271 e. The molecule has 0 spiro atoms. The number of carbonyl (C=O) groups excluding carboxylic acids is 1. The van der Waals surface area contributed by atoms with Gasteiger partial charge in [-0.15, -0.1) is 0 Å². The van der Waals surface area contributed by atoms with Crippen molar-refractivity contribution in [1.82, 2.24) is 19.2 Å². The largest absolute Gasteiger partial charge is 0.348 e. The molecule has 1 N–H and O–H groups in total. The van der Waals surface area contributed by atoms with Crippen molar-refractivity contribution in [2.24, 2.45) is 0 Å². The van der Waals surface area contributed by atoms with E-state index in [-0.39, 0.29) is 18.0 Å². The van der Waals surface area contributed by atoms with Crippen LogP contribution in [0.15, 0.2) is 6.20 Å². The maximum atomic E-state index is 12.3. The van der Waals surface area contributed by atoms with E-state index in [1.54, 1.807) is 13.1 Å². The number of imidazole rings is 1. The molecule has 0 aromatic carbocycles. The van der Waals surface area contributed by atoms with Crippen LogP contribution in [0.2, 0.25) is 0 Å². The van der Waals surface area contributed by atoms with Crippen LogP contribution in [-0.2, 0) is 16.6 Å². The van der Waals surface area contributed by atoms with E-state index in [0.717, 1.165) is 25.7 Å². The molecule has 0 bridgehead atoms.